The molecule has 1 aromatic rings. The molecule has 4 heteroatoms. The van der Waals surface area contributed by atoms with Gasteiger partial charge in [0, 0.05) is 11.9 Å². The summed E-state index contributed by atoms with van der Waals surface area (Å²) in [5.74, 6) is 1.03. The Morgan fingerprint density at radius 1 is 1.50 bits per heavy atom. The number of aromatic nitrogens is 2. The van der Waals surface area contributed by atoms with Crippen molar-refractivity contribution in [3.63, 3.8) is 0 Å². The van der Waals surface area contributed by atoms with Gasteiger partial charge in [0.05, 0.1) is 0 Å². The summed E-state index contributed by atoms with van der Waals surface area (Å²) < 4.78 is 0. The number of hydrogen-bond acceptors (Lipinski definition) is 4. The van der Waals surface area contributed by atoms with Crippen molar-refractivity contribution in [2.24, 2.45) is 0 Å². The first-order valence-electron chi connectivity index (χ1n) is 4.72. The van der Waals surface area contributed by atoms with Gasteiger partial charge in [0.2, 0.25) is 0 Å². The van der Waals surface area contributed by atoms with Crippen LogP contribution in [0.3, 0.4) is 0 Å². The highest BCUT2D eigenvalue weighted by Gasteiger charge is 1.98. The minimum absolute atomic E-state index is 0.443. The molecule has 0 unspecified atom stereocenters. The molecule has 1 rings (SSSR count). The van der Waals surface area contributed by atoms with Gasteiger partial charge in [-0.15, -0.1) is 0 Å². The van der Waals surface area contributed by atoms with E-state index in [0.717, 1.165) is 5.75 Å². The van der Waals surface area contributed by atoms with Crippen molar-refractivity contribution >= 4 is 11.8 Å². The maximum Gasteiger partial charge on any atom is 0.188 e. The Balaban J connectivity index is 2.39. The second-order valence-electron chi connectivity index (χ2n) is 2.89. The van der Waals surface area contributed by atoms with Gasteiger partial charge in [-0.3, -0.25) is 0 Å². The van der Waals surface area contributed by atoms with Gasteiger partial charge in [0.1, 0.15) is 11.8 Å². The smallest absolute Gasteiger partial charge is 0.188 e. The maximum atomic E-state index is 8.62. The van der Waals surface area contributed by atoms with Gasteiger partial charge in [0.25, 0.3) is 0 Å². The summed E-state index contributed by atoms with van der Waals surface area (Å²) in [6.45, 7) is 2.18. The lowest BCUT2D eigenvalue weighted by Gasteiger charge is -1.98. The molecule has 0 saturated carbocycles. The molecule has 1 heterocycles. The van der Waals surface area contributed by atoms with Gasteiger partial charge in [-0.05, 0) is 12.5 Å². The van der Waals surface area contributed by atoms with Crippen molar-refractivity contribution < 1.29 is 0 Å². The summed E-state index contributed by atoms with van der Waals surface area (Å²) in [5.41, 5.74) is 0.443. The Morgan fingerprint density at radius 2 is 2.36 bits per heavy atom. The molecule has 14 heavy (non-hydrogen) atoms. The van der Waals surface area contributed by atoms with Crippen molar-refractivity contribution in [2.45, 2.75) is 31.3 Å². The van der Waals surface area contributed by atoms with E-state index in [1.54, 1.807) is 24.0 Å². The molecule has 0 spiro atoms. The highest BCUT2D eigenvalue weighted by atomic mass is 32.2. The van der Waals surface area contributed by atoms with E-state index in [-0.39, 0.29) is 0 Å². The van der Waals surface area contributed by atoms with Crippen LogP contribution < -0.4 is 0 Å². The summed E-state index contributed by atoms with van der Waals surface area (Å²) in [4.78, 5) is 8.17. The van der Waals surface area contributed by atoms with E-state index < -0.39 is 0 Å². The Labute approximate surface area is 88.6 Å². The molecule has 0 aliphatic heterocycles. The third-order valence-electron chi connectivity index (χ3n) is 1.73. The molecule has 0 radical (unpaired) electrons. The first-order valence-corrected chi connectivity index (χ1v) is 5.71. The molecule has 0 amide bonds. The monoisotopic (exact) mass is 207 g/mol. The van der Waals surface area contributed by atoms with Gasteiger partial charge in [-0.2, -0.15) is 5.26 Å². The lowest BCUT2D eigenvalue weighted by molar-refractivity contribution is 0.777. The van der Waals surface area contributed by atoms with Gasteiger partial charge >= 0.3 is 0 Å². The molecule has 1 aromatic heterocycles. The molecule has 74 valence electrons. The first-order chi connectivity index (χ1) is 6.86. The molecular formula is C10H13N3S. The van der Waals surface area contributed by atoms with Crippen molar-refractivity contribution in [2.75, 3.05) is 5.75 Å². The fourth-order valence-corrected chi connectivity index (χ4v) is 1.82. The van der Waals surface area contributed by atoms with E-state index in [0.29, 0.717) is 10.9 Å². The van der Waals surface area contributed by atoms with Gasteiger partial charge in [-0.1, -0.05) is 31.5 Å². The minimum Gasteiger partial charge on any atom is -0.231 e. The van der Waals surface area contributed by atoms with Gasteiger partial charge in [-0.25, -0.2) is 9.97 Å². The van der Waals surface area contributed by atoms with E-state index in [1.807, 2.05) is 6.07 Å². The molecule has 0 fully saturated rings. The number of nitriles is 1. The summed E-state index contributed by atoms with van der Waals surface area (Å²) >= 11 is 1.62. The van der Waals surface area contributed by atoms with E-state index >= 15 is 0 Å². The Morgan fingerprint density at radius 3 is 3.07 bits per heavy atom. The average molecular weight is 207 g/mol. The van der Waals surface area contributed by atoms with E-state index in [9.17, 15) is 0 Å². The zero-order valence-electron chi connectivity index (χ0n) is 8.23. The second kappa shape index (κ2) is 6.39. The standard InChI is InChI=1S/C10H13N3S/c1-2-3-4-7-14-10-12-6-5-9(8-11)13-10/h5-6H,2-4,7H2,1H3. The molecule has 0 saturated heterocycles. The number of thioether (sulfide) groups is 1. The molecular weight excluding hydrogens is 194 g/mol. The number of nitrogens with zero attached hydrogens (tertiary/aromatic N) is 3. The van der Waals surface area contributed by atoms with Crippen molar-refractivity contribution in [3.8, 4) is 6.07 Å². The van der Waals surface area contributed by atoms with Crippen LogP contribution in [0.2, 0.25) is 0 Å². The molecule has 0 atom stereocenters. The Bertz CT molecular complexity index is 319. The zero-order chi connectivity index (χ0) is 10.2. The molecule has 3 nitrogen and oxygen atoms in total. The normalized spacial score (nSPS) is 9.71. The van der Waals surface area contributed by atoms with E-state index in [1.165, 1.54) is 19.3 Å². The lowest BCUT2D eigenvalue weighted by atomic mass is 10.3. The fourth-order valence-electron chi connectivity index (χ4n) is 0.988. The third-order valence-corrected chi connectivity index (χ3v) is 2.67. The van der Waals surface area contributed by atoms with Crippen LogP contribution >= 0.6 is 11.8 Å². The summed E-state index contributed by atoms with van der Waals surface area (Å²) in [7, 11) is 0. The van der Waals surface area contributed by atoms with Crippen molar-refractivity contribution in [1.82, 2.24) is 9.97 Å². The number of unbranched alkanes of at least 4 members (excludes halogenated alkanes) is 2. The zero-order valence-corrected chi connectivity index (χ0v) is 9.05. The van der Waals surface area contributed by atoms with E-state index in [2.05, 4.69) is 16.9 Å². The van der Waals surface area contributed by atoms with Crippen LogP contribution in [0.15, 0.2) is 17.4 Å². The topological polar surface area (TPSA) is 49.6 Å². The third kappa shape index (κ3) is 3.75. The van der Waals surface area contributed by atoms with Crippen LogP contribution in [0.25, 0.3) is 0 Å². The Kier molecular flexibility index (Phi) is 5.02. The lowest BCUT2D eigenvalue weighted by Crippen LogP contribution is -1.90. The summed E-state index contributed by atoms with van der Waals surface area (Å²) in [5, 5.41) is 9.33. The first kappa shape index (κ1) is 11.0. The fraction of sp³-hybridized carbons (Fsp3) is 0.500. The SMILES string of the molecule is CCCCCSc1nccc(C#N)n1. The van der Waals surface area contributed by atoms with E-state index in [4.69, 9.17) is 5.26 Å². The summed E-state index contributed by atoms with van der Waals surface area (Å²) in [6, 6.07) is 3.63. The molecule has 0 N–H and O–H groups in total. The van der Waals surface area contributed by atoms with Gasteiger partial charge in [0.15, 0.2) is 5.16 Å². The molecule has 0 aromatic carbocycles. The van der Waals surface area contributed by atoms with Crippen LogP contribution in [-0.2, 0) is 0 Å². The predicted molar refractivity (Wildman–Crippen MR) is 57.0 cm³/mol. The van der Waals surface area contributed by atoms with Gasteiger partial charge < -0.3 is 0 Å². The quantitative estimate of drug-likeness (QED) is 0.423. The van der Waals surface area contributed by atoms with Crippen LogP contribution in [0.4, 0.5) is 0 Å². The number of hydrogen-bond donors (Lipinski definition) is 0. The Hall–Kier alpha value is -1.08. The molecule has 0 aliphatic rings. The van der Waals surface area contributed by atoms with Crippen LogP contribution in [0.5, 0.6) is 0 Å². The predicted octanol–water partition coefficient (Wildman–Crippen LogP) is 2.63. The van der Waals surface area contributed by atoms with Crippen molar-refractivity contribution in [1.29, 1.82) is 5.26 Å². The van der Waals surface area contributed by atoms with Crippen LogP contribution in [-0.4, -0.2) is 15.7 Å². The molecule has 0 bridgehead atoms. The van der Waals surface area contributed by atoms with Crippen LogP contribution in [0, 0.1) is 11.3 Å². The largest absolute Gasteiger partial charge is 0.231 e. The summed E-state index contributed by atoms with van der Waals surface area (Å²) in [6.07, 6.45) is 5.28. The van der Waals surface area contributed by atoms with Crippen molar-refractivity contribution in [3.05, 3.63) is 18.0 Å². The molecule has 0 aliphatic carbocycles. The second-order valence-corrected chi connectivity index (χ2v) is 3.95. The van der Waals surface area contributed by atoms with Crippen LogP contribution in [0.1, 0.15) is 31.9 Å². The average Bonchev–Trinajstić information content (AvgIpc) is 2.25. The highest BCUT2D eigenvalue weighted by Crippen LogP contribution is 2.14. The highest BCUT2D eigenvalue weighted by molar-refractivity contribution is 7.99. The maximum absolute atomic E-state index is 8.62. The number of rotatable bonds is 5. The minimum atomic E-state index is 0.443.